The molecule has 4 saturated heterocycles. The van der Waals surface area contributed by atoms with Crippen molar-refractivity contribution in [2.45, 2.75) is 61.4 Å². The molecule has 0 aromatic rings. The molecule has 0 saturated carbocycles. The number of carbonyl (C=O) groups is 2. The van der Waals surface area contributed by atoms with E-state index in [1.165, 1.54) is 0 Å². The smallest absolute Gasteiger partial charge is 0.151 e. The Hall–Kier alpha value is 0.230. The van der Waals surface area contributed by atoms with Gasteiger partial charge in [0.05, 0.1) is 40.6 Å². The minimum Gasteiger partial charge on any atom is -0.393 e. The van der Waals surface area contributed by atoms with Crippen molar-refractivity contribution >= 4 is 75.4 Å². The van der Waals surface area contributed by atoms with Gasteiger partial charge in [-0.3, -0.25) is 9.59 Å². The zero-order valence-corrected chi connectivity index (χ0v) is 24.6. The SMILES string of the molecule is O=C1CCS(=O)(=O)CC1.O=C1CCSCC1.O=S1(=O)CCC(I)CC1.O=S1(=O)CCC(O)CC1. The van der Waals surface area contributed by atoms with Gasteiger partial charge in [-0.2, -0.15) is 11.8 Å². The molecule has 0 atom stereocenters. The second kappa shape index (κ2) is 15.5. The fourth-order valence-electron chi connectivity index (χ4n) is 3.10. The van der Waals surface area contributed by atoms with Crippen molar-refractivity contribution in [3.05, 3.63) is 0 Å². The molecule has 14 heteroatoms. The molecule has 4 fully saturated rings. The Balaban J connectivity index is 0.000000228. The Bertz CT molecular complexity index is 880. The largest absolute Gasteiger partial charge is 0.393 e. The van der Waals surface area contributed by atoms with E-state index in [0.29, 0.717) is 34.1 Å². The van der Waals surface area contributed by atoms with Crippen molar-refractivity contribution in [3.8, 4) is 0 Å². The molecule has 0 radical (unpaired) electrons. The van der Waals surface area contributed by atoms with Crippen LogP contribution in [0.5, 0.6) is 0 Å². The quantitative estimate of drug-likeness (QED) is 0.294. The Morgan fingerprint density at radius 2 is 0.971 bits per heavy atom. The van der Waals surface area contributed by atoms with Crippen LogP contribution in [0.2, 0.25) is 0 Å². The number of hydrogen-bond acceptors (Lipinski definition) is 10. The van der Waals surface area contributed by atoms with Crippen LogP contribution in [0, 0.1) is 0 Å². The first-order valence-electron chi connectivity index (χ1n) is 11.2. The first kappa shape index (κ1) is 32.3. The van der Waals surface area contributed by atoms with Crippen molar-refractivity contribution in [3.63, 3.8) is 0 Å². The number of sulfone groups is 3. The van der Waals surface area contributed by atoms with Crippen LogP contribution in [-0.2, 0) is 39.1 Å². The van der Waals surface area contributed by atoms with Crippen LogP contribution in [0.3, 0.4) is 0 Å². The molecule has 0 aromatic heterocycles. The third-order valence-corrected chi connectivity index (χ3v) is 12.8. The van der Waals surface area contributed by atoms with Gasteiger partial charge in [0.25, 0.3) is 0 Å². The van der Waals surface area contributed by atoms with Crippen molar-refractivity contribution in [2.75, 3.05) is 46.0 Å². The van der Waals surface area contributed by atoms with E-state index in [1.807, 2.05) is 11.8 Å². The summed E-state index contributed by atoms with van der Waals surface area (Å²) in [6.45, 7) is 0. The molecule has 34 heavy (non-hydrogen) atoms. The van der Waals surface area contributed by atoms with Gasteiger partial charge < -0.3 is 5.11 Å². The van der Waals surface area contributed by atoms with E-state index in [1.54, 1.807) is 0 Å². The molecular weight excluding hydrogens is 639 g/mol. The molecule has 0 aliphatic carbocycles. The minimum atomic E-state index is -2.84. The number of thioether (sulfide) groups is 1. The zero-order chi connectivity index (χ0) is 25.8. The van der Waals surface area contributed by atoms with Crippen molar-refractivity contribution in [1.29, 1.82) is 0 Å². The predicted molar refractivity (Wildman–Crippen MR) is 144 cm³/mol. The first-order valence-corrected chi connectivity index (χ1v) is 19.1. The number of alkyl halides is 1. The monoisotopic (exact) mass is 674 g/mol. The summed E-state index contributed by atoms with van der Waals surface area (Å²) < 4.78 is 64.8. The summed E-state index contributed by atoms with van der Waals surface area (Å²) in [5.41, 5.74) is 0. The minimum absolute atomic E-state index is 0.0613. The van der Waals surface area contributed by atoms with Crippen LogP contribution in [0.15, 0.2) is 0 Å². The Morgan fingerprint density at radius 1 is 0.618 bits per heavy atom. The van der Waals surface area contributed by atoms with E-state index in [2.05, 4.69) is 22.6 Å². The summed E-state index contributed by atoms with van der Waals surface area (Å²) in [7, 11) is -8.23. The van der Waals surface area contributed by atoms with Gasteiger partial charge in [0.15, 0.2) is 19.7 Å². The second-order valence-electron chi connectivity index (χ2n) is 8.55. The van der Waals surface area contributed by atoms with Gasteiger partial charge in [-0.1, -0.05) is 22.6 Å². The molecule has 200 valence electrons. The molecule has 4 aliphatic heterocycles. The van der Waals surface area contributed by atoms with Crippen molar-refractivity contribution in [1.82, 2.24) is 0 Å². The molecule has 4 rings (SSSR count). The zero-order valence-electron chi connectivity index (χ0n) is 19.2. The van der Waals surface area contributed by atoms with E-state index in [0.717, 1.165) is 37.2 Å². The normalized spacial score (nSPS) is 26.4. The lowest BCUT2D eigenvalue weighted by Gasteiger charge is -2.15. The summed E-state index contributed by atoms with van der Waals surface area (Å²) >= 11 is 4.19. The van der Waals surface area contributed by atoms with Crippen molar-refractivity contribution < 1.29 is 39.9 Å². The highest BCUT2D eigenvalue weighted by Crippen LogP contribution is 2.19. The summed E-state index contributed by atoms with van der Waals surface area (Å²) in [5.74, 6) is 3.88. The van der Waals surface area contributed by atoms with Gasteiger partial charge in [0.2, 0.25) is 0 Å². The summed E-state index contributed by atoms with van der Waals surface area (Å²) in [5, 5.41) is 8.88. The molecule has 0 aromatic carbocycles. The standard InChI is InChI=1S/C5H9IO2S.C5H10O3S.C5H8O3S.C5H8OS/c3*6-5-1-3-9(7,8)4-2-5;6-5-1-3-7-4-2-5/h5H,1-4H2;5-6H,1-4H2;1-4H2;1-4H2. The maximum absolute atomic E-state index is 10.8. The maximum Gasteiger partial charge on any atom is 0.151 e. The summed E-state index contributed by atoms with van der Waals surface area (Å²) in [6, 6.07) is 0. The van der Waals surface area contributed by atoms with Crippen LogP contribution < -0.4 is 0 Å². The van der Waals surface area contributed by atoms with Crippen LogP contribution in [-0.4, -0.2) is 98.0 Å². The molecule has 4 heterocycles. The van der Waals surface area contributed by atoms with Crippen LogP contribution >= 0.6 is 34.4 Å². The molecule has 0 unspecified atom stereocenters. The van der Waals surface area contributed by atoms with E-state index >= 15 is 0 Å². The average molecular weight is 675 g/mol. The van der Waals surface area contributed by atoms with Gasteiger partial charge in [0, 0.05) is 41.1 Å². The van der Waals surface area contributed by atoms with Gasteiger partial charge in [-0.25, -0.2) is 25.3 Å². The highest BCUT2D eigenvalue weighted by molar-refractivity contribution is 14.1. The second-order valence-corrected chi connectivity index (χ2v) is 18.4. The van der Waals surface area contributed by atoms with E-state index in [-0.39, 0.29) is 47.7 Å². The van der Waals surface area contributed by atoms with Crippen LogP contribution in [0.25, 0.3) is 0 Å². The lowest BCUT2D eigenvalue weighted by atomic mass is 10.2. The van der Waals surface area contributed by atoms with Crippen LogP contribution in [0.1, 0.15) is 51.4 Å². The maximum atomic E-state index is 10.8. The average Bonchev–Trinajstić information content (AvgIpc) is 2.77. The van der Waals surface area contributed by atoms with E-state index in [4.69, 9.17) is 5.11 Å². The lowest BCUT2D eigenvalue weighted by molar-refractivity contribution is -0.119. The van der Waals surface area contributed by atoms with Gasteiger partial charge in [0.1, 0.15) is 21.4 Å². The number of rotatable bonds is 0. The Labute approximate surface area is 221 Å². The fourth-order valence-corrected chi connectivity index (χ4v) is 9.76. The topological polar surface area (TPSA) is 157 Å². The number of ketones is 2. The number of halogens is 1. The Morgan fingerprint density at radius 3 is 1.26 bits per heavy atom. The number of aliphatic hydroxyl groups excluding tert-OH is 1. The molecule has 0 spiro atoms. The Kier molecular flexibility index (Phi) is 14.7. The third-order valence-electron chi connectivity index (χ3n) is 5.44. The van der Waals surface area contributed by atoms with E-state index < -0.39 is 29.5 Å². The summed E-state index contributed by atoms with van der Waals surface area (Å²) in [6.07, 6.45) is 4.23. The van der Waals surface area contributed by atoms with Crippen molar-refractivity contribution in [2.24, 2.45) is 0 Å². The van der Waals surface area contributed by atoms with E-state index in [9.17, 15) is 34.8 Å². The van der Waals surface area contributed by atoms with Gasteiger partial charge in [-0.05, 0) is 25.7 Å². The van der Waals surface area contributed by atoms with Crippen LogP contribution in [0.4, 0.5) is 0 Å². The number of hydrogen-bond donors (Lipinski definition) is 1. The molecule has 9 nitrogen and oxygen atoms in total. The molecular formula is C20H35IO9S4. The number of Topliss-reactive ketones (excluding diaryl/α,β-unsaturated/α-hetero) is 2. The third kappa shape index (κ3) is 16.1. The number of carbonyl (C=O) groups excluding carboxylic acids is 2. The fraction of sp³-hybridized carbons (Fsp3) is 0.900. The highest BCUT2D eigenvalue weighted by Gasteiger charge is 2.22. The molecule has 0 bridgehead atoms. The summed E-state index contributed by atoms with van der Waals surface area (Å²) in [4.78, 5) is 20.9. The first-order chi connectivity index (χ1) is 15.7. The lowest BCUT2D eigenvalue weighted by Crippen LogP contribution is -2.26. The molecule has 0 amide bonds. The van der Waals surface area contributed by atoms with Gasteiger partial charge in [-0.15, -0.1) is 0 Å². The molecule has 1 N–H and O–H groups in total. The highest BCUT2D eigenvalue weighted by atomic mass is 127. The van der Waals surface area contributed by atoms with Gasteiger partial charge >= 0.3 is 0 Å². The predicted octanol–water partition coefficient (Wildman–Crippen LogP) is 1.40. The number of aliphatic hydroxyl groups is 1. The molecule has 4 aliphatic rings.